The summed E-state index contributed by atoms with van der Waals surface area (Å²) in [6.07, 6.45) is 5.07. The molecule has 0 radical (unpaired) electrons. The van der Waals surface area contributed by atoms with Crippen molar-refractivity contribution in [3.63, 3.8) is 0 Å². The van der Waals surface area contributed by atoms with E-state index in [9.17, 15) is 9.59 Å². The molecule has 1 amide bonds. The van der Waals surface area contributed by atoms with E-state index < -0.39 is 0 Å². The zero-order valence-electron chi connectivity index (χ0n) is 13.8. The van der Waals surface area contributed by atoms with Gasteiger partial charge in [0.05, 0.1) is 29.8 Å². The van der Waals surface area contributed by atoms with E-state index in [1.54, 1.807) is 37.3 Å². The Morgan fingerprint density at radius 1 is 1.38 bits per heavy atom. The monoisotopic (exact) mass is 328 g/mol. The van der Waals surface area contributed by atoms with Crippen LogP contribution < -0.4 is 10.9 Å². The minimum Gasteiger partial charge on any atom is -0.372 e. The van der Waals surface area contributed by atoms with Crippen molar-refractivity contribution < 1.29 is 4.79 Å². The molecule has 1 aliphatic rings. The third-order valence-corrected chi connectivity index (χ3v) is 4.11. The van der Waals surface area contributed by atoms with Gasteiger partial charge in [-0.1, -0.05) is 0 Å². The van der Waals surface area contributed by atoms with Gasteiger partial charge in [-0.25, -0.2) is 9.67 Å². The average molecular weight is 328 g/mol. The van der Waals surface area contributed by atoms with Gasteiger partial charge in [-0.3, -0.25) is 14.6 Å². The van der Waals surface area contributed by atoms with Crippen LogP contribution in [-0.2, 0) is 11.3 Å². The molecule has 0 saturated carbocycles. The molecule has 0 bridgehead atoms. The summed E-state index contributed by atoms with van der Waals surface area (Å²) >= 11 is 0. The second-order valence-corrected chi connectivity index (χ2v) is 5.79. The molecule has 1 aliphatic heterocycles. The molecule has 0 aliphatic carbocycles. The maximum Gasteiger partial charge on any atom is 0.267 e. The molecule has 8 nitrogen and oxygen atoms in total. The van der Waals surface area contributed by atoms with Crippen molar-refractivity contribution in [3.8, 4) is 0 Å². The van der Waals surface area contributed by atoms with E-state index >= 15 is 0 Å². The van der Waals surface area contributed by atoms with Crippen molar-refractivity contribution in [1.82, 2.24) is 24.6 Å². The number of likely N-dealkylation sites (tertiary alicyclic amines) is 1. The molecule has 24 heavy (non-hydrogen) atoms. The van der Waals surface area contributed by atoms with E-state index in [1.165, 1.54) is 10.7 Å². The Morgan fingerprint density at radius 2 is 2.21 bits per heavy atom. The molecule has 0 spiro atoms. The first-order valence-corrected chi connectivity index (χ1v) is 7.92. The fourth-order valence-corrected chi connectivity index (χ4v) is 2.92. The highest BCUT2D eigenvalue weighted by molar-refractivity contribution is 5.76. The van der Waals surface area contributed by atoms with Crippen LogP contribution in [0.5, 0.6) is 0 Å². The van der Waals surface area contributed by atoms with Crippen molar-refractivity contribution in [2.24, 2.45) is 0 Å². The Morgan fingerprint density at radius 3 is 3.00 bits per heavy atom. The summed E-state index contributed by atoms with van der Waals surface area (Å²) in [7, 11) is 1.78. The first kappa shape index (κ1) is 16.1. The van der Waals surface area contributed by atoms with Crippen LogP contribution in [0.2, 0.25) is 0 Å². The molecule has 1 saturated heterocycles. The minimum atomic E-state index is -0.276. The Kier molecular flexibility index (Phi) is 4.54. The standard InChI is InChI=1S/C16H20N6O2/c1-11-5-6-15(23)22(20-11)10-16(24)21-7-3-4-13(21)12-8-18-9-14(17-2)19-12/h5-6,8-9,13H,3-4,7,10H2,1-2H3,(H,17,19). The third kappa shape index (κ3) is 3.27. The number of aryl methyl sites for hydroxylation is 1. The number of aromatic nitrogens is 4. The van der Waals surface area contributed by atoms with Crippen molar-refractivity contribution in [3.05, 3.63) is 46.3 Å². The maximum atomic E-state index is 12.7. The lowest BCUT2D eigenvalue weighted by atomic mass is 10.1. The summed E-state index contributed by atoms with van der Waals surface area (Å²) in [6, 6.07) is 2.96. The number of rotatable bonds is 4. The molecule has 1 atom stereocenters. The van der Waals surface area contributed by atoms with Crippen molar-refractivity contribution >= 4 is 11.7 Å². The molecule has 126 valence electrons. The van der Waals surface area contributed by atoms with Crippen LogP contribution in [-0.4, -0.2) is 44.1 Å². The lowest BCUT2D eigenvalue weighted by Gasteiger charge is -2.24. The van der Waals surface area contributed by atoms with Gasteiger partial charge in [-0.2, -0.15) is 5.10 Å². The SMILES string of the molecule is CNc1cncc(C2CCCN2C(=O)Cn2nc(C)ccc2=O)n1. The average Bonchev–Trinajstić information content (AvgIpc) is 3.08. The van der Waals surface area contributed by atoms with Crippen molar-refractivity contribution in [2.75, 3.05) is 18.9 Å². The first-order chi connectivity index (χ1) is 11.6. The molecule has 0 aromatic carbocycles. The third-order valence-electron chi connectivity index (χ3n) is 4.11. The Hall–Kier alpha value is -2.77. The minimum absolute atomic E-state index is 0.0594. The number of hydrogen-bond donors (Lipinski definition) is 1. The maximum absolute atomic E-state index is 12.7. The van der Waals surface area contributed by atoms with Crippen LogP contribution in [0.1, 0.15) is 30.3 Å². The Labute approximate surface area is 139 Å². The number of nitrogens with one attached hydrogen (secondary N) is 1. The van der Waals surface area contributed by atoms with Crippen LogP contribution in [0.25, 0.3) is 0 Å². The molecular weight excluding hydrogens is 308 g/mol. The summed E-state index contributed by atoms with van der Waals surface area (Å²) in [4.78, 5) is 35.0. The number of nitrogens with zero attached hydrogens (tertiary/aromatic N) is 5. The fourth-order valence-electron chi connectivity index (χ4n) is 2.92. The van der Waals surface area contributed by atoms with E-state index in [4.69, 9.17) is 0 Å². The van der Waals surface area contributed by atoms with Gasteiger partial charge in [0.2, 0.25) is 5.91 Å². The summed E-state index contributed by atoms with van der Waals surface area (Å²) in [6.45, 7) is 2.38. The van der Waals surface area contributed by atoms with Gasteiger partial charge < -0.3 is 10.2 Å². The van der Waals surface area contributed by atoms with Crippen molar-refractivity contribution in [1.29, 1.82) is 0 Å². The smallest absolute Gasteiger partial charge is 0.267 e. The predicted octanol–water partition coefficient (Wildman–Crippen LogP) is 0.747. The second kappa shape index (κ2) is 6.77. The van der Waals surface area contributed by atoms with Gasteiger partial charge in [-0.15, -0.1) is 0 Å². The molecule has 3 heterocycles. The van der Waals surface area contributed by atoms with E-state index in [0.29, 0.717) is 18.1 Å². The van der Waals surface area contributed by atoms with Gasteiger partial charge in [0.1, 0.15) is 12.4 Å². The molecule has 1 fully saturated rings. The zero-order chi connectivity index (χ0) is 17.1. The van der Waals surface area contributed by atoms with Crippen molar-refractivity contribution in [2.45, 2.75) is 32.4 Å². The zero-order valence-corrected chi connectivity index (χ0v) is 13.8. The number of hydrogen-bond acceptors (Lipinski definition) is 6. The molecule has 3 rings (SSSR count). The fraction of sp³-hybridized carbons (Fsp3) is 0.438. The number of anilines is 1. The lowest BCUT2D eigenvalue weighted by Crippen LogP contribution is -2.37. The van der Waals surface area contributed by atoms with E-state index in [2.05, 4.69) is 20.4 Å². The first-order valence-electron chi connectivity index (χ1n) is 7.92. The summed E-state index contributed by atoms with van der Waals surface area (Å²) < 4.78 is 1.21. The highest BCUT2D eigenvalue weighted by Gasteiger charge is 2.31. The quantitative estimate of drug-likeness (QED) is 0.890. The number of carbonyl (C=O) groups excluding carboxylic acids is 1. The lowest BCUT2D eigenvalue weighted by molar-refractivity contribution is -0.133. The van der Waals surface area contributed by atoms with Gasteiger partial charge in [0.15, 0.2) is 0 Å². The molecule has 2 aromatic rings. The van der Waals surface area contributed by atoms with Crippen LogP contribution in [0.3, 0.4) is 0 Å². The van der Waals surface area contributed by atoms with Gasteiger partial charge >= 0.3 is 0 Å². The second-order valence-electron chi connectivity index (χ2n) is 5.79. The van der Waals surface area contributed by atoms with E-state index in [0.717, 1.165) is 18.5 Å². The molecule has 1 unspecified atom stereocenters. The van der Waals surface area contributed by atoms with Crippen LogP contribution in [0.4, 0.5) is 5.82 Å². The number of carbonyl (C=O) groups is 1. The van der Waals surface area contributed by atoms with E-state index in [-0.39, 0.29) is 24.1 Å². The largest absolute Gasteiger partial charge is 0.372 e. The highest BCUT2D eigenvalue weighted by Crippen LogP contribution is 2.31. The molecule has 8 heteroatoms. The van der Waals surface area contributed by atoms with Crippen LogP contribution in [0.15, 0.2) is 29.3 Å². The van der Waals surface area contributed by atoms with Crippen LogP contribution >= 0.6 is 0 Å². The highest BCUT2D eigenvalue weighted by atomic mass is 16.2. The van der Waals surface area contributed by atoms with Gasteiger partial charge in [0.25, 0.3) is 5.56 Å². The molecular formula is C16H20N6O2. The topological polar surface area (TPSA) is 93.0 Å². The number of amides is 1. The van der Waals surface area contributed by atoms with Gasteiger partial charge in [0, 0.05) is 19.7 Å². The Balaban J connectivity index is 1.80. The van der Waals surface area contributed by atoms with Gasteiger partial charge in [-0.05, 0) is 25.8 Å². The summed E-state index contributed by atoms with van der Waals surface area (Å²) in [5.41, 5.74) is 1.19. The molecule has 2 aromatic heterocycles. The van der Waals surface area contributed by atoms with E-state index in [1.807, 2.05) is 0 Å². The summed E-state index contributed by atoms with van der Waals surface area (Å²) in [5, 5.41) is 7.08. The normalized spacial score (nSPS) is 17.1. The Bertz CT molecular complexity index is 803. The summed E-state index contributed by atoms with van der Waals surface area (Å²) in [5.74, 6) is 0.540. The molecule has 1 N–H and O–H groups in total. The van der Waals surface area contributed by atoms with Crippen LogP contribution in [0, 0.1) is 6.92 Å². The predicted molar refractivity (Wildman–Crippen MR) is 88.5 cm³/mol.